The number of fused-ring (bicyclic) bond motifs is 16. The molecule has 0 amide bonds. The van der Waals surface area contributed by atoms with E-state index >= 15 is 0 Å². The molecule has 1 spiro atoms. The SMILES string of the molecule is c1ccc(-c2nc(-c3cccc4c3oc3ccccc34)nc(-c3cccc4oc5ccc(-c6ccc(-c7cccc8c7C7(c9ccccc9-c9ccccc97)c7ccccc7-8)cc6)cc5c34)n2)cc1. The lowest BCUT2D eigenvalue weighted by Gasteiger charge is -2.32. The monoisotopic (exact) mass is 879 g/mol. The van der Waals surface area contributed by atoms with Crippen LogP contribution in [0.4, 0.5) is 0 Å². The Kier molecular flexibility index (Phi) is 7.93. The molecule has 69 heavy (non-hydrogen) atoms. The first-order chi connectivity index (χ1) is 34.2. The molecule has 2 aliphatic rings. The van der Waals surface area contributed by atoms with E-state index < -0.39 is 5.41 Å². The van der Waals surface area contributed by atoms with Gasteiger partial charge in [0.2, 0.25) is 0 Å². The minimum absolute atomic E-state index is 0.429. The highest BCUT2D eigenvalue weighted by atomic mass is 16.3. The van der Waals surface area contributed by atoms with Gasteiger partial charge in [0.1, 0.15) is 22.3 Å². The molecule has 0 radical (unpaired) electrons. The molecule has 0 unspecified atom stereocenters. The molecule has 10 aromatic carbocycles. The number of hydrogen-bond acceptors (Lipinski definition) is 5. The molecule has 0 atom stereocenters. The van der Waals surface area contributed by atoms with E-state index in [0.29, 0.717) is 17.5 Å². The van der Waals surface area contributed by atoms with Crippen molar-refractivity contribution in [2.75, 3.05) is 0 Å². The lowest BCUT2D eigenvalue weighted by molar-refractivity contribution is 0.668. The Labute approximate surface area is 396 Å². The van der Waals surface area contributed by atoms with E-state index in [4.69, 9.17) is 23.8 Å². The van der Waals surface area contributed by atoms with Crippen molar-refractivity contribution in [2.45, 2.75) is 5.41 Å². The van der Waals surface area contributed by atoms with Crippen LogP contribution < -0.4 is 0 Å². The molecule has 13 aromatic rings. The number of aromatic nitrogens is 3. The summed E-state index contributed by atoms with van der Waals surface area (Å²) in [4.78, 5) is 15.5. The average molecular weight is 880 g/mol. The van der Waals surface area contributed by atoms with E-state index in [2.05, 4.69) is 152 Å². The Morgan fingerprint density at radius 1 is 0.290 bits per heavy atom. The van der Waals surface area contributed by atoms with E-state index in [-0.39, 0.29) is 0 Å². The van der Waals surface area contributed by atoms with Crippen LogP contribution in [0.2, 0.25) is 0 Å². The molecule has 0 saturated carbocycles. The lowest BCUT2D eigenvalue weighted by atomic mass is 9.68. The fourth-order valence-corrected chi connectivity index (χ4v) is 11.7. The van der Waals surface area contributed by atoms with Crippen molar-refractivity contribution < 1.29 is 8.83 Å². The fourth-order valence-electron chi connectivity index (χ4n) is 11.7. The molecular formula is C64H37N3O2. The van der Waals surface area contributed by atoms with Gasteiger partial charge in [-0.05, 0) is 97.1 Å². The van der Waals surface area contributed by atoms with Gasteiger partial charge in [-0.3, -0.25) is 0 Å². The van der Waals surface area contributed by atoms with Crippen molar-refractivity contribution in [3.63, 3.8) is 0 Å². The minimum atomic E-state index is -0.429. The Bertz CT molecular complexity index is 4200. The van der Waals surface area contributed by atoms with Crippen LogP contribution in [0.1, 0.15) is 22.3 Å². The van der Waals surface area contributed by atoms with Crippen LogP contribution in [0.3, 0.4) is 0 Å². The van der Waals surface area contributed by atoms with E-state index in [1.165, 1.54) is 55.6 Å². The van der Waals surface area contributed by atoms with Gasteiger partial charge in [-0.1, -0.05) is 194 Å². The van der Waals surface area contributed by atoms with Gasteiger partial charge in [-0.2, -0.15) is 0 Å². The first kappa shape index (κ1) is 38.0. The predicted octanol–water partition coefficient (Wildman–Crippen LogP) is 16.3. The minimum Gasteiger partial charge on any atom is -0.456 e. The second-order valence-corrected chi connectivity index (χ2v) is 18.1. The zero-order chi connectivity index (χ0) is 45.2. The summed E-state index contributed by atoms with van der Waals surface area (Å²) in [7, 11) is 0. The molecule has 0 fully saturated rings. The summed E-state index contributed by atoms with van der Waals surface area (Å²) in [6.07, 6.45) is 0. The lowest BCUT2D eigenvalue weighted by Crippen LogP contribution is -2.26. The van der Waals surface area contributed by atoms with Crippen molar-refractivity contribution in [1.29, 1.82) is 0 Å². The number of nitrogens with zero attached hydrogens (tertiary/aromatic N) is 3. The van der Waals surface area contributed by atoms with Crippen LogP contribution >= 0.6 is 0 Å². The topological polar surface area (TPSA) is 65.0 Å². The average Bonchev–Trinajstić information content (AvgIpc) is 4.16. The summed E-state index contributed by atoms with van der Waals surface area (Å²) in [6, 6.07) is 79.9. The molecule has 0 saturated heterocycles. The third-order valence-corrected chi connectivity index (χ3v) is 14.6. The van der Waals surface area contributed by atoms with Crippen molar-refractivity contribution in [1.82, 2.24) is 15.0 Å². The molecule has 320 valence electrons. The zero-order valence-corrected chi connectivity index (χ0v) is 37.0. The van der Waals surface area contributed by atoms with Crippen LogP contribution in [0.15, 0.2) is 233 Å². The number of rotatable bonds is 5. The molecule has 3 aromatic heterocycles. The molecular weight excluding hydrogens is 843 g/mol. The normalized spacial score (nSPS) is 13.0. The molecule has 5 heteroatoms. The molecule has 15 rings (SSSR count). The summed E-state index contributed by atoms with van der Waals surface area (Å²) in [5.41, 5.74) is 20.5. The smallest absolute Gasteiger partial charge is 0.167 e. The van der Waals surface area contributed by atoms with Crippen molar-refractivity contribution in [2.24, 2.45) is 0 Å². The second-order valence-electron chi connectivity index (χ2n) is 18.1. The van der Waals surface area contributed by atoms with Gasteiger partial charge < -0.3 is 8.83 Å². The van der Waals surface area contributed by atoms with Gasteiger partial charge in [0, 0.05) is 32.7 Å². The Morgan fingerprint density at radius 2 is 0.797 bits per heavy atom. The molecule has 2 aliphatic carbocycles. The molecule has 3 heterocycles. The first-order valence-electron chi connectivity index (χ1n) is 23.4. The number of para-hydroxylation sites is 2. The molecule has 0 aliphatic heterocycles. The summed E-state index contributed by atoms with van der Waals surface area (Å²) in [5.74, 6) is 1.67. The predicted molar refractivity (Wildman–Crippen MR) is 278 cm³/mol. The maximum Gasteiger partial charge on any atom is 0.167 e. The third kappa shape index (κ3) is 5.38. The fraction of sp³-hybridized carbons (Fsp3) is 0.0156. The zero-order valence-electron chi connectivity index (χ0n) is 37.0. The molecule has 0 bridgehead atoms. The number of furan rings is 2. The van der Waals surface area contributed by atoms with Gasteiger partial charge in [-0.25, -0.2) is 15.0 Å². The maximum atomic E-state index is 6.58. The summed E-state index contributed by atoms with van der Waals surface area (Å²) in [5, 5.41) is 4.01. The molecule has 5 nitrogen and oxygen atoms in total. The van der Waals surface area contributed by atoms with Crippen molar-refractivity contribution >= 4 is 43.9 Å². The second kappa shape index (κ2) is 14.4. The van der Waals surface area contributed by atoms with Crippen LogP contribution in [-0.2, 0) is 5.41 Å². The largest absolute Gasteiger partial charge is 0.456 e. The van der Waals surface area contributed by atoms with Gasteiger partial charge >= 0.3 is 0 Å². The highest BCUT2D eigenvalue weighted by Gasteiger charge is 2.52. The van der Waals surface area contributed by atoms with E-state index in [9.17, 15) is 0 Å². The Morgan fingerprint density at radius 3 is 1.57 bits per heavy atom. The van der Waals surface area contributed by atoms with Crippen LogP contribution in [-0.4, -0.2) is 15.0 Å². The standard InChI is InChI=1S/C64H37N3O2/c1-2-15-40(16-3-1)61-65-62(67-63(66-61)50-25-13-23-48-46-20-7-11-29-55(46)69-60(48)50)49-24-14-30-57-58(49)51-37-41(35-36-56(51)68-57)38-31-33-39(34-32-38)42-21-12-22-47-45-19-6-10-28-54(45)64(59(42)47)52-26-8-4-17-43(52)44-18-5-9-27-53(44)64/h1-37H. The van der Waals surface area contributed by atoms with Gasteiger partial charge in [0.15, 0.2) is 17.5 Å². The van der Waals surface area contributed by atoms with Crippen LogP contribution in [0.5, 0.6) is 0 Å². The Balaban J connectivity index is 0.868. The maximum absolute atomic E-state index is 6.58. The van der Waals surface area contributed by atoms with Crippen molar-refractivity contribution in [3.8, 4) is 78.7 Å². The number of benzene rings is 10. The summed E-state index contributed by atoms with van der Waals surface area (Å²) in [6.45, 7) is 0. The van der Waals surface area contributed by atoms with E-state index in [0.717, 1.165) is 71.7 Å². The first-order valence-corrected chi connectivity index (χ1v) is 23.4. The summed E-state index contributed by atoms with van der Waals surface area (Å²) < 4.78 is 13.1. The van der Waals surface area contributed by atoms with Crippen molar-refractivity contribution in [3.05, 3.63) is 247 Å². The van der Waals surface area contributed by atoms with E-state index in [1.54, 1.807) is 0 Å². The van der Waals surface area contributed by atoms with E-state index in [1.807, 2.05) is 72.8 Å². The Hall–Kier alpha value is -9.19. The van der Waals surface area contributed by atoms with Gasteiger partial charge in [-0.15, -0.1) is 0 Å². The summed E-state index contributed by atoms with van der Waals surface area (Å²) >= 11 is 0. The highest BCUT2D eigenvalue weighted by molar-refractivity contribution is 6.13. The van der Waals surface area contributed by atoms with Gasteiger partial charge in [0.25, 0.3) is 0 Å². The number of hydrogen-bond donors (Lipinski definition) is 0. The highest BCUT2D eigenvalue weighted by Crippen LogP contribution is 2.64. The third-order valence-electron chi connectivity index (χ3n) is 14.6. The van der Waals surface area contributed by atoms with Gasteiger partial charge in [0.05, 0.1) is 11.0 Å². The molecule has 0 N–H and O–H groups in total. The quantitative estimate of drug-likeness (QED) is 0.172. The van der Waals surface area contributed by atoms with Crippen LogP contribution in [0.25, 0.3) is 123 Å². The van der Waals surface area contributed by atoms with Crippen LogP contribution in [0, 0.1) is 0 Å².